The topological polar surface area (TPSA) is 50.1 Å². The molecule has 0 saturated heterocycles. The minimum Gasteiger partial charge on any atom is -0.325 e. The summed E-state index contributed by atoms with van der Waals surface area (Å²) in [6, 6.07) is 1.71. The second kappa shape index (κ2) is 6.19. The Hall–Kier alpha value is -0.460. The summed E-state index contributed by atoms with van der Waals surface area (Å²) >= 11 is 0. The molecule has 6 heteroatoms. The van der Waals surface area contributed by atoms with Gasteiger partial charge in [0.1, 0.15) is 0 Å². The fraction of sp³-hybridized carbons (Fsp3) is 0.889. The van der Waals surface area contributed by atoms with Crippen LogP contribution in [0.15, 0.2) is 0 Å². The van der Waals surface area contributed by atoms with Gasteiger partial charge in [0.2, 0.25) is 0 Å². The van der Waals surface area contributed by atoms with E-state index in [4.69, 9.17) is 9.79 Å². The normalized spacial score (nSPS) is 15.7. The Labute approximate surface area is 88.9 Å². The van der Waals surface area contributed by atoms with Gasteiger partial charge in [0, 0.05) is 19.0 Å². The highest BCUT2D eigenvalue weighted by molar-refractivity contribution is 7.60. The summed E-state index contributed by atoms with van der Waals surface area (Å²) in [6.07, 6.45) is -0.771. The van der Waals surface area contributed by atoms with E-state index in [0.717, 1.165) is 0 Å². The Kier molecular flexibility index (Phi) is 6.00. The number of alkyl halides is 2. The zero-order valence-corrected chi connectivity index (χ0v) is 9.90. The Morgan fingerprint density at radius 3 is 2.47 bits per heavy atom. The lowest BCUT2D eigenvalue weighted by Gasteiger charge is -2.25. The zero-order valence-electron chi connectivity index (χ0n) is 9.00. The summed E-state index contributed by atoms with van der Waals surface area (Å²) in [6.45, 7) is 3.08. The van der Waals surface area contributed by atoms with Crippen LogP contribution in [0.3, 0.4) is 0 Å². The van der Waals surface area contributed by atoms with Crippen LogP contribution in [0.4, 0.5) is 8.78 Å². The van der Waals surface area contributed by atoms with Gasteiger partial charge in [0.15, 0.2) is 0 Å². The van der Waals surface area contributed by atoms with E-state index in [2.05, 4.69) is 0 Å². The number of halogens is 2. The molecule has 0 N–H and O–H groups in total. The van der Waals surface area contributed by atoms with E-state index in [0.29, 0.717) is 0 Å². The largest absolute Gasteiger partial charge is 0.325 e. The first-order valence-electron chi connectivity index (χ1n) is 4.92. The van der Waals surface area contributed by atoms with E-state index in [1.54, 1.807) is 13.0 Å². The molecule has 3 nitrogen and oxygen atoms in total. The van der Waals surface area contributed by atoms with Gasteiger partial charge < -0.3 is 4.52 Å². The Morgan fingerprint density at radius 2 is 2.07 bits per heavy atom. The van der Waals surface area contributed by atoms with Crippen LogP contribution in [-0.4, -0.2) is 18.4 Å². The van der Waals surface area contributed by atoms with E-state index in [1.807, 2.05) is 0 Å². The van der Waals surface area contributed by atoms with Crippen molar-refractivity contribution in [3.63, 3.8) is 0 Å². The zero-order chi connectivity index (χ0) is 11.9. The van der Waals surface area contributed by atoms with Gasteiger partial charge in [-0.15, -0.1) is 0 Å². The third kappa shape index (κ3) is 3.89. The average molecular weight is 239 g/mol. The van der Waals surface area contributed by atoms with Crippen LogP contribution < -0.4 is 0 Å². The lowest BCUT2D eigenvalue weighted by Crippen LogP contribution is -2.20. The third-order valence-electron chi connectivity index (χ3n) is 1.90. The molecule has 88 valence electrons. The van der Waals surface area contributed by atoms with Crippen molar-refractivity contribution in [2.75, 3.05) is 12.8 Å². The first kappa shape index (κ1) is 14.5. The number of hydrogen-bond donors (Lipinski definition) is 0. The van der Waals surface area contributed by atoms with Gasteiger partial charge in [-0.1, -0.05) is 6.92 Å². The second-order valence-electron chi connectivity index (χ2n) is 3.14. The molecule has 15 heavy (non-hydrogen) atoms. The molecular weight excluding hydrogens is 223 g/mol. The number of rotatable bonds is 7. The fourth-order valence-electron chi connectivity index (χ4n) is 1.20. The van der Waals surface area contributed by atoms with Crippen LogP contribution in [0.2, 0.25) is 0 Å². The molecule has 0 fully saturated rings. The molecule has 0 aliphatic rings. The minimum atomic E-state index is -4.01. The molecule has 0 saturated carbocycles. The number of nitrogens with zero attached hydrogens (tertiary/aromatic N) is 1. The molecule has 1 atom stereocenters. The highest BCUT2D eigenvalue weighted by Crippen LogP contribution is 2.62. The van der Waals surface area contributed by atoms with Crippen LogP contribution in [0.5, 0.6) is 0 Å². The highest BCUT2D eigenvalue weighted by Gasteiger charge is 2.49. The Morgan fingerprint density at radius 1 is 1.47 bits per heavy atom. The van der Waals surface area contributed by atoms with Crippen molar-refractivity contribution >= 4 is 7.37 Å². The predicted molar refractivity (Wildman–Crippen MR) is 54.2 cm³/mol. The van der Waals surface area contributed by atoms with Crippen LogP contribution in [0.25, 0.3) is 0 Å². The van der Waals surface area contributed by atoms with Gasteiger partial charge in [0.05, 0.1) is 12.7 Å². The summed E-state index contributed by atoms with van der Waals surface area (Å²) < 4.78 is 43.5. The smallest absolute Gasteiger partial charge is 0.321 e. The molecule has 1 unspecified atom stereocenters. The molecule has 0 amide bonds. The van der Waals surface area contributed by atoms with Crippen molar-refractivity contribution in [1.29, 1.82) is 5.26 Å². The summed E-state index contributed by atoms with van der Waals surface area (Å²) in [5.41, 5.74) is -3.31. The third-order valence-corrected chi connectivity index (χ3v) is 4.61. The second-order valence-corrected chi connectivity index (χ2v) is 5.85. The molecule has 0 aromatic rings. The number of nitriles is 1. The standard InChI is InChI=1S/C9H16F2NO2P/c1-3-6-9(10,11)15(13,14-4-2)8-5-7-12/h3-6,8H2,1-2H3. The van der Waals surface area contributed by atoms with Crippen LogP contribution >= 0.6 is 7.37 Å². The molecule has 0 radical (unpaired) electrons. The van der Waals surface area contributed by atoms with Gasteiger partial charge in [-0.2, -0.15) is 14.0 Å². The number of hydrogen-bond acceptors (Lipinski definition) is 3. The minimum absolute atomic E-state index is 0.0258. The fourth-order valence-corrected chi connectivity index (χ4v) is 3.22. The maximum atomic E-state index is 13.5. The lowest BCUT2D eigenvalue weighted by atomic mass is 10.3. The quantitative estimate of drug-likeness (QED) is 0.637. The van der Waals surface area contributed by atoms with Gasteiger partial charge in [-0.3, -0.25) is 4.57 Å². The predicted octanol–water partition coefficient (Wildman–Crippen LogP) is 3.61. The molecule has 0 aliphatic heterocycles. The molecule has 0 aliphatic carbocycles. The van der Waals surface area contributed by atoms with Crippen molar-refractivity contribution in [3.8, 4) is 6.07 Å². The van der Waals surface area contributed by atoms with Gasteiger partial charge in [-0.25, -0.2) is 0 Å². The lowest BCUT2D eigenvalue weighted by molar-refractivity contribution is 0.0594. The average Bonchev–Trinajstić information content (AvgIpc) is 2.15. The van der Waals surface area contributed by atoms with E-state index < -0.39 is 19.5 Å². The van der Waals surface area contributed by atoms with Crippen LogP contribution in [-0.2, 0) is 9.09 Å². The van der Waals surface area contributed by atoms with Crippen molar-refractivity contribution in [2.45, 2.75) is 38.8 Å². The summed E-state index contributed by atoms with van der Waals surface area (Å²) in [5, 5.41) is 8.32. The van der Waals surface area contributed by atoms with E-state index >= 15 is 0 Å². The van der Waals surface area contributed by atoms with Gasteiger partial charge in [0.25, 0.3) is 7.37 Å². The summed E-state index contributed by atoms with van der Waals surface area (Å²) in [4.78, 5) is 0. The first-order chi connectivity index (χ1) is 6.93. The SMILES string of the molecule is CCCC(F)(F)P(=O)(CCC#N)OCC. The maximum absolute atomic E-state index is 13.5. The van der Waals surface area contributed by atoms with Crippen molar-refractivity contribution in [2.24, 2.45) is 0 Å². The summed E-state index contributed by atoms with van der Waals surface area (Å²) in [5.74, 6) is 0. The van der Waals surface area contributed by atoms with Gasteiger partial charge >= 0.3 is 5.66 Å². The molecular formula is C9H16F2NO2P. The van der Waals surface area contributed by atoms with Crippen molar-refractivity contribution in [1.82, 2.24) is 0 Å². The van der Waals surface area contributed by atoms with Crippen LogP contribution in [0, 0.1) is 11.3 Å². The molecule has 0 aromatic heterocycles. The first-order valence-corrected chi connectivity index (χ1v) is 6.73. The van der Waals surface area contributed by atoms with Crippen LogP contribution in [0.1, 0.15) is 33.1 Å². The molecule has 0 heterocycles. The summed E-state index contributed by atoms with van der Waals surface area (Å²) in [7, 11) is -4.01. The van der Waals surface area contributed by atoms with E-state index in [1.165, 1.54) is 6.92 Å². The molecule has 0 spiro atoms. The highest BCUT2D eigenvalue weighted by atomic mass is 31.2. The van der Waals surface area contributed by atoms with E-state index in [-0.39, 0.29) is 25.6 Å². The van der Waals surface area contributed by atoms with Crippen molar-refractivity contribution in [3.05, 3.63) is 0 Å². The monoisotopic (exact) mass is 239 g/mol. The molecule has 0 rings (SSSR count). The van der Waals surface area contributed by atoms with E-state index in [9.17, 15) is 13.3 Å². The Balaban J connectivity index is 4.76. The molecule has 0 bridgehead atoms. The van der Waals surface area contributed by atoms with Gasteiger partial charge in [-0.05, 0) is 13.3 Å². The van der Waals surface area contributed by atoms with Crippen molar-refractivity contribution < 1.29 is 17.9 Å². The maximum Gasteiger partial charge on any atom is 0.321 e. The molecule has 0 aromatic carbocycles. The Bertz CT molecular complexity index is 276.